The van der Waals surface area contributed by atoms with Crippen molar-refractivity contribution in [3.8, 4) is 0 Å². The summed E-state index contributed by atoms with van der Waals surface area (Å²) in [6, 6.07) is 5.86. The number of nitrogens with one attached hydrogen (secondary N) is 1. The predicted molar refractivity (Wildman–Crippen MR) is 70.1 cm³/mol. The molecular formula is C14H9ClF5N. The molecule has 21 heavy (non-hydrogen) atoms. The first-order valence-corrected chi connectivity index (χ1v) is 6.18. The summed E-state index contributed by atoms with van der Waals surface area (Å²) in [5.74, 6) is -1.51. The van der Waals surface area contributed by atoms with Gasteiger partial charge in [-0.15, -0.1) is 0 Å². The lowest BCUT2D eigenvalue weighted by Gasteiger charge is -2.12. The summed E-state index contributed by atoms with van der Waals surface area (Å²) in [4.78, 5) is 0. The van der Waals surface area contributed by atoms with Crippen molar-refractivity contribution in [3.05, 3.63) is 64.2 Å². The third-order valence-corrected chi connectivity index (χ3v) is 2.86. The van der Waals surface area contributed by atoms with Gasteiger partial charge in [0.05, 0.1) is 5.56 Å². The van der Waals surface area contributed by atoms with Crippen molar-refractivity contribution >= 4 is 17.3 Å². The summed E-state index contributed by atoms with van der Waals surface area (Å²) < 4.78 is 63.9. The fraction of sp³-hybridized carbons (Fsp3) is 0.143. The fourth-order valence-electron chi connectivity index (χ4n) is 1.77. The van der Waals surface area contributed by atoms with Gasteiger partial charge in [0.2, 0.25) is 0 Å². The van der Waals surface area contributed by atoms with Gasteiger partial charge in [0.15, 0.2) is 0 Å². The quantitative estimate of drug-likeness (QED) is 0.761. The molecule has 2 rings (SSSR count). The van der Waals surface area contributed by atoms with E-state index in [2.05, 4.69) is 5.32 Å². The molecule has 0 amide bonds. The largest absolute Gasteiger partial charge is 0.416 e. The highest BCUT2D eigenvalue weighted by molar-refractivity contribution is 6.30. The minimum Gasteiger partial charge on any atom is -0.381 e. The van der Waals surface area contributed by atoms with Crippen LogP contribution < -0.4 is 5.32 Å². The van der Waals surface area contributed by atoms with Gasteiger partial charge in [0, 0.05) is 23.3 Å². The summed E-state index contributed by atoms with van der Waals surface area (Å²) in [6.45, 7) is -0.0354. The van der Waals surface area contributed by atoms with Crippen LogP contribution >= 0.6 is 11.6 Å². The second kappa shape index (κ2) is 5.89. The zero-order valence-electron chi connectivity index (χ0n) is 10.4. The maximum absolute atomic E-state index is 13.0. The molecule has 0 atom stereocenters. The summed E-state index contributed by atoms with van der Waals surface area (Å²) in [6.07, 6.45) is -4.52. The Labute approximate surface area is 122 Å². The molecule has 112 valence electrons. The Bertz CT molecular complexity index is 634. The maximum atomic E-state index is 13.0. The standard InChI is InChI=1S/C14H9ClF5N/c15-10-3-9(14(18,19)20)4-13(5-10)21-7-8-1-11(16)6-12(17)2-8/h1-6,21H,7H2. The molecule has 7 heteroatoms. The minimum atomic E-state index is -4.52. The van der Waals surface area contributed by atoms with Crippen molar-refractivity contribution in [2.75, 3.05) is 5.32 Å². The molecule has 0 fully saturated rings. The molecule has 0 aromatic heterocycles. The van der Waals surface area contributed by atoms with Crippen molar-refractivity contribution in [2.24, 2.45) is 0 Å². The Balaban J connectivity index is 2.18. The number of halogens is 6. The molecule has 0 saturated heterocycles. The van der Waals surface area contributed by atoms with Crippen molar-refractivity contribution < 1.29 is 22.0 Å². The third-order valence-electron chi connectivity index (χ3n) is 2.64. The van der Waals surface area contributed by atoms with Gasteiger partial charge in [-0.25, -0.2) is 8.78 Å². The van der Waals surface area contributed by atoms with Crippen LogP contribution in [0.5, 0.6) is 0 Å². The topological polar surface area (TPSA) is 12.0 Å². The SMILES string of the molecule is Fc1cc(F)cc(CNc2cc(Cl)cc(C(F)(F)F)c2)c1. The molecule has 0 unspecified atom stereocenters. The van der Waals surface area contributed by atoms with Crippen LogP contribution in [0.3, 0.4) is 0 Å². The second-order valence-electron chi connectivity index (χ2n) is 4.36. The van der Waals surface area contributed by atoms with Crippen LogP contribution in [0.4, 0.5) is 27.6 Å². The van der Waals surface area contributed by atoms with Crippen LogP contribution in [-0.4, -0.2) is 0 Å². The molecule has 0 aliphatic rings. The minimum absolute atomic E-state index is 0.0354. The van der Waals surface area contributed by atoms with Crippen molar-refractivity contribution in [2.45, 2.75) is 12.7 Å². The molecule has 0 aliphatic heterocycles. The van der Waals surface area contributed by atoms with E-state index < -0.39 is 23.4 Å². The highest BCUT2D eigenvalue weighted by Gasteiger charge is 2.31. The molecule has 0 spiro atoms. The fourth-order valence-corrected chi connectivity index (χ4v) is 2.01. The molecule has 0 bridgehead atoms. The first kappa shape index (κ1) is 15.6. The summed E-state index contributed by atoms with van der Waals surface area (Å²) in [5.41, 5.74) is -0.525. The van der Waals surface area contributed by atoms with Gasteiger partial charge in [-0.1, -0.05) is 11.6 Å². The van der Waals surface area contributed by atoms with Crippen molar-refractivity contribution in [1.29, 1.82) is 0 Å². The average molecular weight is 322 g/mol. The van der Waals surface area contributed by atoms with Crippen molar-refractivity contribution in [1.82, 2.24) is 0 Å². The van der Waals surface area contributed by atoms with Gasteiger partial charge in [-0.3, -0.25) is 0 Å². The van der Waals surface area contributed by atoms with Gasteiger partial charge < -0.3 is 5.32 Å². The van der Waals surface area contributed by atoms with E-state index in [0.29, 0.717) is 6.07 Å². The summed E-state index contributed by atoms with van der Waals surface area (Å²) in [7, 11) is 0. The number of hydrogen-bond donors (Lipinski definition) is 1. The van der Waals surface area contributed by atoms with Gasteiger partial charge >= 0.3 is 6.18 Å². The Kier molecular flexibility index (Phi) is 4.37. The number of hydrogen-bond acceptors (Lipinski definition) is 1. The van der Waals surface area contributed by atoms with Crippen molar-refractivity contribution in [3.63, 3.8) is 0 Å². The van der Waals surface area contributed by atoms with Crippen LogP contribution in [0, 0.1) is 11.6 Å². The Morgan fingerprint density at radius 1 is 0.905 bits per heavy atom. The summed E-state index contributed by atoms with van der Waals surface area (Å²) in [5, 5.41) is 2.57. The van der Waals surface area contributed by atoms with E-state index >= 15 is 0 Å². The van der Waals surface area contributed by atoms with E-state index in [4.69, 9.17) is 11.6 Å². The van der Waals surface area contributed by atoms with Gasteiger partial charge in [0.25, 0.3) is 0 Å². The molecule has 2 aromatic carbocycles. The molecule has 0 aliphatic carbocycles. The van der Waals surface area contributed by atoms with E-state index in [1.54, 1.807) is 0 Å². The molecular weight excluding hydrogens is 313 g/mol. The Morgan fingerprint density at radius 2 is 1.52 bits per heavy atom. The lowest BCUT2D eigenvalue weighted by atomic mass is 10.1. The van der Waals surface area contributed by atoms with E-state index in [9.17, 15) is 22.0 Å². The van der Waals surface area contributed by atoms with Crippen LogP contribution in [0.2, 0.25) is 5.02 Å². The van der Waals surface area contributed by atoms with Crippen LogP contribution in [0.25, 0.3) is 0 Å². The first-order valence-electron chi connectivity index (χ1n) is 5.81. The number of alkyl halides is 3. The highest BCUT2D eigenvalue weighted by atomic mass is 35.5. The molecule has 0 heterocycles. The predicted octanol–water partition coefficient (Wildman–Crippen LogP) is 5.25. The van der Waals surface area contributed by atoms with Gasteiger partial charge in [0.1, 0.15) is 11.6 Å². The maximum Gasteiger partial charge on any atom is 0.416 e. The lowest BCUT2D eigenvalue weighted by molar-refractivity contribution is -0.137. The third kappa shape index (κ3) is 4.32. The molecule has 1 N–H and O–H groups in total. The zero-order valence-corrected chi connectivity index (χ0v) is 11.2. The summed E-state index contributed by atoms with van der Waals surface area (Å²) >= 11 is 5.63. The molecule has 2 aromatic rings. The molecule has 0 radical (unpaired) electrons. The van der Waals surface area contributed by atoms with Gasteiger partial charge in [-0.05, 0) is 35.9 Å². The highest BCUT2D eigenvalue weighted by Crippen LogP contribution is 2.33. The normalized spacial score (nSPS) is 11.5. The lowest BCUT2D eigenvalue weighted by Crippen LogP contribution is -2.07. The molecule has 1 nitrogen and oxygen atoms in total. The number of benzene rings is 2. The first-order chi connectivity index (χ1) is 9.74. The second-order valence-corrected chi connectivity index (χ2v) is 4.79. The number of anilines is 1. The molecule has 0 saturated carbocycles. The monoisotopic (exact) mass is 321 g/mol. The zero-order chi connectivity index (χ0) is 15.6. The van der Waals surface area contributed by atoms with Gasteiger partial charge in [-0.2, -0.15) is 13.2 Å². The van der Waals surface area contributed by atoms with E-state index in [1.165, 1.54) is 6.07 Å². The van der Waals surface area contributed by atoms with Crippen LogP contribution in [-0.2, 0) is 12.7 Å². The van der Waals surface area contributed by atoms with E-state index in [-0.39, 0.29) is 22.8 Å². The van der Waals surface area contributed by atoms with E-state index in [0.717, 1.165) is 24.3 Å². The van der Waals surface area contributed by atoms with Crippen LogP contribution in [0.1, 0.15) is 11.1 Å². The Hall–Kier alpha value is -1.82. The van der Waals surface area contributed by atoms with Crippen LogP contribution in [0.15, 0.2) is 36.4 Å². The smallest absolute Gasteiger partial charge is 0.381 e. The Morgan fingerprint density at radius 3 is 2.10 bits per heavy atom. The van der Waals surface area contributed by atoms with E-state index in [1.807, 2.05) is 0 Å². The average Bonchev–Trinajstić information content (AvgIpc) is 2.33. The number of rotatable bonds is 3.